The van der Waals surface area contributed by atoms with Gasteiger partial charge in [-0.2, -0.15) is 4.98 Å². The Balaban J connectivity index is 1.67. The molecule has 4 heterocycles. The van der Waals surface area contributed by atoms with Gasteiger partial charge in [0.25, 0.3) is 11.4 Å². The number of rotatable bonds is 4. The zero-order valence-corrected chi connectivity index (χ0v) is 13.0. The molecule has 0 atom stereocenters. The summed E-state index contributed by atoms with van der Waals surface area (Å²) >= 11 is 1.54. The largest absolute Gasteiger partial charge is 0.472 e. The summed E-state index contributed by atoms with van der Waals surface area (Å²) in [5, 5.41) is 4.53. The number of furan rings is 1. The minimum atomic E-state index is -0.0967. The molecule has 0 bridgehead atoms. The summed E-state index contributed by atoms with van der Waals surface area (Å²) < 4.78 is 11.6. The number of nitrogens with zero attached hydrogens (tertiary/aromatic N) is 4. The van der Waals surface area contributed by atoms with Gasteiger partial charge in [0.05, 0.1) is 30.1 Å². The third kappa shape index (κ3) is 2.46. The smallest absolute Gasteiger partial charge is 0.262 e. The summed E-state index contributed by atoms with van der Waals surface area (Å²) in [4.78, 5) is 23.0. The second-order valence-corrected chi connectivity index (χ2v) is 6.11. The first kappa shape index (κ1) is 13.9. The standard InChI is InChI=1S/C15H12N4O3S/c1-2-10-5-11-14(23-10)16-8-19(15(11)20)6-12-17-13(22-18-12)9-3-4-21-7-9/h3-5,7-8H,2,6H2,1H3. The quantitative estimate of drug-likeness (QED) is 0.572. The maximum atomic E-state index is 12.5. The molecular formula is C15H12N4O3S. The van der Waals surface area contributed by atoms with Crippen LogP contribution in [0.4, 0.5) is 0 Å². The van der Waals surface area contributed by atoms with Crippen LogP contribution < -0.4 is 5.56 Å². The molecule has 4 aromatic heterocycles. The molecule has 0 N–H and O–H groups in total. The Morgan fingerprint density at radius 3 is 3.09 bits per heavy atom. The number of hydrogen-bond donors (Lipinski definition) is 0. The summed E-state index contributed by atoms with van der Waals surface area (Å²) in [6, 6.07) is 3.63. The highest BCUT2D eigenvalue weighted by atomic mass is 32.1. The van der Waals surface area contributed by atoms with Crippen LogP contribution in [0.15, 0.2) is 44.7 Å². The first-order valence-corrected chi connectivity index (χ1v) is 7.89. The summed E-state index contributed by atoms with van der Waals surface area (Å²) in [7, 11) is 0. The van der Waals surface area contributed by atoms with Gasteiger partial charge in [-0.1, -0.05) is 12.1 Å². The van der Waals surface area contributed by atoms with Crippen LogP contribution in [-0.2, 0) is 13.0 Å². The lowest BCUT2D eigenvalue weighted by atomic mass is 10.3. The predicted molar refractivity (Wildman–Crippen MR) is 84.4 cm³/mol. The normalized spacial score (nSPS) is 11.3. The molecular weight excluding hydrogens is 316 g/mol. The number of hydrogen-bond acceptors (Lipinski definition) is 7. The van der Waals surface area contributed by atoms with E-state index in [1.807, 2.05) is 6.07 Å². The molecule has 0 aliphatic carbocycles. The Bertz CT molecular complexity index is 1010. The van der Waals surface area contributed by atoms with Crippen molar-refractivity contribution in [2.45, 2.75) is 19.9 Å². The molecule has 116 valence electrons. The molecule has 0 fully saturated rings. The van der Waals surface area contributed by atoms with Gasteiger partial charge in [-0.3, -0.25) is 9.36 Å². The molecule has 0 radical (unpaired) electrons. The Hall–Kier alpha value is -2.74. The van der Waals surface area contributed by atoms with Crippen molar-refractivity contribution in [1.29, 1.82) is 0 Å². The van der Waals surface area contributed by atoms with Crippen LogP contribution in [0.1, 0.15) is 17.6 Å². The Morgan fingerprint density at radius 1 is 1.39 bits per heavy atom. The molecule has 4 aromatic rings. The predicted octanol–water partition coefficient (Wildman–Crippen LogP) is 2.71. The Morgan fingerprint density at radius 2 is 2.30 bits per heavy atom. The highest BCUT2D eigenvalue weighted by Crippen LogP contribution is 2.21. The molecule has 0 spiro atoms. The van der Waals surface area contributed by atoms with E-state index in [-0.39, 0.29) is 12.1 Å². The molecule has 0 aliphatic heterocycles. The average molecular weight is 328 g/mol. The first-order chi connectivity index (χ1) is 11.2. The minimum Gasteiger partial charge on any atom is -0.472 e. The van der Waals surface area contributed by atoms with Crippen molar-refractivity contribution in [3.05, 3.63) is 52.0 Å². The van der Waals surface area contributed by atoms with E-state index in [0.717, 1.165) is 16.1 Å². The third-order valence-electron chi connectivity index (χ3n) is 3.47. The van der Waals surface area contributed by atoms with E-state index in [1.165, 1.54) is 23.4 Å². The van der Waals surface area contributed by atoms with Crippen molar-refractivity contribution in [1.82, 2.24) is 19.7 Å². The zero-order chi connectivity index (χ0) is 15.8. The molecule has 23 heavy (non-hydrogen) atoms. The third-order valence-corrected chi connectivity index (χ3v) is 4.65. The monoisotopic (exact) mass is 328 g/mol. The van der Waals surface area contributed by atoms with Crippen molar-refractivity contribution < 1.29 is 8.94 Å². The molecule has 0 aliphatic rings. The second kappa shape index (κ2) is 5.47. The van der Waals surface area contributed by atoms with Gasteiger partial charge in [0.1, 0.15) is 11.1 Å². The maximum absolute atomic E-state index is 12.5. The van der Waals surface area contributed by atoms with Crippen LogP contribution in [0.3, 0.4) is 0 Å². The maximum Gasteiger partial charge on any atom is 0.262 e. The lowest BCUT2D eigenvalue weighted by Crippen LogP contribution is -2.21. The lowest BCUT2D eigenvalue weighted by Gasteiger charge is -2.00. The van der Waals surface area contributed by atoms with Crippen LogP contribution in [0.5, 0.6) is 0 Å². The molecule has 4 rings (SSSR count). The molecule has 0 unspecified atom stereocenters. The van der Waals surface area contributed by atoms with E-state index < -0.39 is 0 Å². The molecule has 7 nitrogen and oxygen atoms in total. The van der Waals surface area contributed by atoms with Gasteiger partial charge in [0.2, 0.25) is 0 Å². The number of fused-ring (bicyclic) bond motifs is 1. The highest BCUT2D eigenvalue weighted by Gasteiger charge is 2.13. The van der Waals surface area contributed by atoms with E-state index in [1.54, 1.807) is 17.4 Å². The Labute approximate surface area is 134 Å². The van der Waals surface area contributed by atoms with Crippen LogP contribution in [0.2, 0.25) is 0 Å². The fraction of sp³-hybridized carbons (Fsp3) is 0.200. The van der Waals surface area contributed by atoms with Gasteiger partial charge in [-0.25, -0.2) is 4.98 Å². The van der Waals surface area contributed by atoms with Crippen molar-refractivity contribution in [3.8, 4) is 11.5 Å². The molecule has 0 saturated heterocycles. The molecule has 0 aromatic carbocycles. The fourth-order valence-corrected chi connectivity index (χ4v) is 3.20. The fourth-order valence-electron chi connectivity index (χ4n) is 2.27. The van der Waals surface area contributed by atoms with Crippen molar-refractivity contribution in [3.63, 3.8) is 0 Å². The number of thiophene rings is 1. The zero-order valence-electron chi connectivity index (χ0n) is 12.2. The SMILES string of the molecule is CCc1cc2c(=O)n(Cc3noc(-c4ccoc4)n3)cnc2s1. The van der Waals surface area contributed by atoms with Gasteiger partial charge < -0.3 is 8.94 Å². The molecule has 8 heteroatoms. The molecule has 0 amide bonds. The van der Waals surface area contributed by atoms with Gasteiger partial charge in [0.15, 0.2) is 5.82 Å². The van der Waals surface area contributed by atoms with Gasteiger partial charge in [0, 0.05) is 4.88 Å². The van der Waals surface area contributed by atoms with E-state index in [4.69, 9.17) is 8.94 Å². The van der Waals surface area contributed by atoms with Gasteiger partial charge in [-0.15, -0.1) is 11.3 Å². The van der Waals surface area contributed by atoms with Gasteiger partial charge >= 0.3 is 0 Å². The van der Waals surface area contributed by atoms with Crippen LogP contribution >= 0.6 is 11.3 Å². The van der Waals surface area contributed by atoms with Crippen LogP contribution in [0.25, 0.3) is 21.7 Å². The summed E-state index contributed by atoms with van der Waals surface area (Å²) in [5.41, 5.74) is 0.607. The van der Waals surface area contributed by atoms with Crippen LogP contribution in [-0.4, -0.2) is 19.7 Å². The number of aryl methyl sites for hydroxylation is 1. The van der Waals surface area contributed by atoms with Crippen molar-refractivity contribution in [2.24, 2.45) is 0 Å². The topological polar surface area (TPSA) is 87.0 Å². The Kier molecular flexibility index (Phi) is 3.30. The summed E-state index contributed by atoms with van der Waals surface area (Å²) in [6.07, 6.45) is 5.46. The van der Waals surface area contributed by atoms with E-state index >= 15 is 0 Å². The summed E-state index contributed by atoms with van der Waals surface area (Å²) in [5.74, 6) is 0.773. The average Bonchev–Trinajstić information content (AvgIpc) is 3.29. The van der Waals surface area contributed by atoms with Crippen LogP contribution in [0, 0.1) is 0 Å². The van der Waals surface area contributed by atoms with E-state index in [9.17, 15) is 4.79 Å². The minimum absolute atomic E-state index is 0.0967. The first-order valence-electron chi connectivity index (χ1n) is 7.07. The second-order valence-electron chi connectivity index (χ2n) is 4.99. The van der Waals surface area contributed by atoms with E-state index in [2.05, 4.69) is 22.0 Å². The highest BCUT2D eigenvalue weighted by molar-refractivity contribution is 7.18. The summed E-state index contributed by atoms with van der Waals surface area (Å²) in [6.45, 7) is 2.26. The molecule has 0 saturated carbocycles. The lowest BCUT2D eigenvalue weighted by molar-refractivity contribution is 0.419. The van der Waals surface area contributed by atoms with Crippen molar-refractivity contribution >= 4 is 21.6 Å². The van der Waals surface area contributed by atoms with Crippen molar-refractivity contribution in [2.75, 3.05) is 0 Å². The van der Waals surface area contributed by atoms with E-state index in [0.29, 0.717) is 22.7 Å². The number of aromatic nitrogens is 4. The van der Waals surface area contributed by atoms with Gasteiger partial charge in [-0.05, 0) is 18.6 Å².